The topological polar surface area (TPSA) is 58.7 Å². The maximum Gasteiger partial charge on any atom is 0.0718 e. The van der Waals surface area contributed by atoms with Crippen molar-refractivity contribution in [3.8, 4) is 0 Å². The van der Waals surface area contributed by atoms with Crippen LogP contribution in [0.1, 0.15) is 27.2 Å². The van der Waals surface area contributed by atoms with E-state index in [-0.39, 0.29) is 6.04 Å². The highest BCUT2D eigenvalue weighted by Crippen LogP contribution is 2.15. The molecule has 1 aliphatic heterocycles. The molecule has 4 heteroatoms. The quantitative estimate of drug-likeness (QED) is 0.719. The molecule has 0 aromatic carbocycles. The standard InChI is InChI=1S/C12H26N2O2/c1-4-14(9-12(2,3)15)7-10-8-16-6-5-11(10)13/h10-11,15H,4-9,13H2,1-3H3. The van der Waals surface area contributed by atoms with E-state index in [0.717, 1.165) is 32.7 Å². The van der Waals surface area contributed by atoms with E-state index < -0.39 is 5.60 Å². The van der Waals surface area contributed by atoms with Crippen molar-refractivity contribution in [2.75, 3.05) is 32.8 Å². The van der Waals surface area contributed by atoms with Crippen molar-refractivity contribution in [2.24, 2.45) is 11.7 Å². The molecule has 0 amide bonds. The van der Waals surface area contributed by atoms with Crippen LogP contribution in [-0.2, 0) is 4.74 Å². The van der Waals surface area contributed by atoms with E-state index in [4.69, 9.17) is 10.5 Å². The summed E-state index contributed by atoms with van der Waals surface area (Å²) in [7, 11) is 0. The smallest absolute Gasteiger partial charge is 0.0718 e. The van der Waals surface area contributed by atoms with Crippen LogP contribution in [0.25, 0.3) is 0 Å². The first-order valence-corrected chi connectivity index (χ1v) is 6.20. The average Bonchev–Trinajstić information content (AvgIpc) is 2.18. The first-order valence-electron chi connectivity index (χ1n) is 6.20. The second-order valence-corrected chi connectivity index (χ2v) is 5.43. The fraction of sp³-hybridized carbons (Fsp3) is 1.00. The molecule has 1 fully saturated rings. The molecule has 0 radical (unpaired) electrons. The Balaban J connectivity index is 2.42. The second-order valence-electron chi connectivity index (χ2n) is 5.43. The summed E-state index contributed by atoms with van der Waals surface area (Å²) in [6, 6.07) is 0.240. The minimum Gasteiger partial charge on any atom is -0.389 e. The summed E-state index contributed by atoms with van der Waals surface area (Å²) in [6.45, 7) is 9.88. The molecule has 2 unspecified atom stereocenters. The van der Waals surface area contributed by atoms with Crippen LogP contribution in [0.2, 0.25) is 0 Å². The van der Waals surface area contributed by atoms with E-state index in [0.29, 0.717) is 12.5 Å². The minimum absolute atomic E-state index is 0.240. The van der Waals surface area contributed by atoms with Crippen LogP contribution >= 0.6 is 0 Å². The van der Waals surface area contributed by atoms with Gasteiger partial charge in [0.05, 0.1) is 12.2 Å². The molecule has 0 spiro atoms. The number of rotatable bonds is 5. The van der Waals surface area contributed by atoms with Crippen LogP contribution in [-0.4, -0.2) is 54.5 Å². The van der Waals surface area contributed by atoms with Gasteiger partial charge in [0.2, 0.25) is 0 Å². The van der Waals surface area contributed by atoms with E-state index >= 15 is 0 Å². The predicted octanol–water partition coefficient (Wildman–Crippen LogP) is 0.443. The molecule has 0 aromatic rings. The molecule has 1 heterocycles. The Kier molecular flexibility index (Phi) is 5.18. The SMILES string of the molecule is CCN(CC1COCCC1N)CC(C)(C)O. The van der Waals surface area contributed by atoms with Gasteiger partial charge in [0.1, 0.15) is 0 Å². The third-order valence-corrected chi connectivity index (χ3v) is 3.08. The first-order chi connectivity index (χ1) is 7.42. The third-order valence-electron chi connectivity index (χ3n) is 3.08. The predicted molar refractivity (Wildman–Crippen MR) is 65.3 cm³/mol. The molecule has 0 saturated carbocycles. The van der Waals surface area contributed by atoms with Crippen LogP contribution in [0.5, 0.6) is 0 Å². The summed E-state index contributed by atoms with van der Waals surface area (Å²) in [4.78, 5) is 2.25. The average molecular weight is 230 g/mol. The Labute approximate surface area is 98.8 Å². The molecule has 1 aliphatic rings. The molecule has 96 valence electrons. The lowest BCUT2D eigenvalue weighted by molar-refractivity contribution is 0.000904. The van der Waals surface area contributed by atoms with Crippen molar-refractivity contribution >= 4 is 0 Å². The van der Waals surface area contributed by atoms with Crippen molar-refractivity contribution in [2.45, 2.75) is 38.8 Å². The Morgan fingerprint density at radius 2 is 2.19 bits per heavy atom. The van der Waals surface area contributed by atoms with Gasteiger partial charge in [-0.25, -0.2) is 0 Å². The highest BCUT2D eigenvalue weighted by molar-refractivity contribution is 4.81. The monoisotopic (exact) mass is 230 g/mol. The molecule has 1 saturated heterocycles. The summed E-state index contributed by atoms with van der Waals surface area (Å²) in [5.74, 6) is 0.399. The molecular weight excluding hydrogens is 204 g/mol. The van der Waals surface area contributed by atoms with Gasteiger partial charge in [-0.15, -0.1) is 0 Å². The van der Waals surface area contributed by atoms with Gasteiger partial charge in [-0.1, -0.05) is 6.92 Å². The molecule has 2 atom stereocenters. The van der Waals surface area contributed by atoms with E-state index in [2.05, 4.69) is 11.8 Å². The van der Waals surface area contributed by atoms with E-state index in [1.807, 2.05) is 13.8 Å². The first kappa shape index (κ1) is 13.9. The van der Waals surface area contributed by atoms with Gasteiger partial charge in [-0.05, 0) is 26.8 Å². The maximum absolute atomic E-state index is 9.81. The summed E-state index contributed by atoms with van der Waals surface area (Å²) in [5, 5.41) is 9.81. The molecule has 16 heavy (non-hydrogen) atoms. The lowest BCUT2D eigenvalue weighted by Gasteiger charge is -2.35. The van der Waals surface area contributed by atoms with Gasteiger partial charge in [-0.3, -0.25) is 0 Å². The van der Waals surface area contributed by atoms with Crippen LogP contribution in [0, 0.1) is 5.92 Å². The number of hydrogen-bond acceptors (Lipinski definition) is 4. The lowest BCUT2D eigenvalue weighted by Crippen LogP contribution is -2.48. The van der Waals surface area contributed by atoms with Gasteiger partial charge >= 0.3 is 0 Å². The van der Waals surface area contributed by atoms with E-state index in [1.165, 1.54) is 0 Å². The third kappa shape index (κ3) is 4.78. The minimum atomic E-state index is -0.643. The van der Waals surface area contributed by atoms with Crippen LogP contribution in [0.4, 0.5) is 0 Å². The highest BCUT2D eigenvalue weighted by Gasteiger charge is 2.26. The Morgan fingerprint density at radius 3 is 2.69 bits per heavy atom. The van der Waals surface area contributed by atoms with Gasteiger partial charge in [0.15, 0.2) is 0 Å². The van der Waals surface area contributed by atoms with Crippen LogP contribution in [0.3, 0.4) is 0 Å². The second kappa shape index (κ2) is 5.96. The normalized spacial score (nSPS) is 27.4. The molecular formula is C12H26N2O2. The van der Waals surface area contributed by atoms with Crippen molar-refractivity contribution in [3.05, 3.63) is 0 Å². The van der Waals surface area contributed by atoms with Crippen LogP contribution < -0.4 is 5.73 Å². The zero-order valence-corrected chi connectivity index (χ0v) is 10.8. The van der Waals surface area contributed by atoms with Gasteiger partial charge in [0.25, 0.3) is 0 Å². The molecule has 0 aliphatic carbocycles. The number of hydrogen-bond donors (Lipinski definition) is 2. The maximum atomic E-state index is 9.81. The number of nitrogens with zero attached hydrogens (tertiary/aromatic N) is 1. The zero-order chi connectivity index (χ0) is 12.2. The number of aliphatic hydroxyl groups is 1. The number of nitrogens with two attached hydrogens (primary N) is 1. The van der Waals surface area contributed by atoms with E-state index in [1.54, 1.807) is 0 Å². The zero-order valence-electron chi connectivity index (χ0n) is 10.8. The molecule has 0 aromatic heterocycles. The molecule has 0 bridgehead atoms. The summed E-state index contributed by atoms with van der Waals surface area (Å²) < 4.78 is 5.46. The van der Waals surface area contributed by atoms with E-state index in [9.17, 15) is 5.11 Å². The van der Waals surface area contributed by atoms with Crippen LogP contribution in [0.15, 0.2) is 0 Å². The van der Waals surface area contributed by atoms with Gasteiger partial charge < -0.3 is 20.5 Å². The molecule has 1 rings (SSSR count). The fourth-order valence-corrected chi connectivity index (χ4v) is 2.19. The molecule has 4 nitrogen and oxygen atoms in total. The Hall–Kier alpha value is -0.160. The lowest BCUT2D eigenvalue weighted by atomic mass is 9.95. The Morgan fingerprint density at radius 1 is 1.50 bits per heavy atom. The van der Waals surface area contributed by atoms with Crippen molar-refractivity contribution in [1.29, 1.82) is 0 Å². The van der Waals surface area contributed by atoms with Crippen molar-refractivity contribution in [1.82, 2.24) is 4.90 Å². The number of ether oxygens (including phenoxy) is 1. The number of likely N-dealkylation sites (N-methyl/N-ethyl adjacent to an activating group) is 1. The van der Waals surface area contributed by atoms with Gasteiger partial charge in [-0.2, -0.15) is 0 Å². The van der Waals surface area contributed by atoms with Gasteiger partial charge in [0, 0.05) is 31.7 Å². The van der Waals surface area contributed by atoms with Crippen molar-refractivity contribution in [3.63, 3.8) is 0 Å². The summed E-state index contributed by atoms with van der Waals surface area (Å²) >= 11 is 0. The highest BCUT2D eigenvalue weighted by atomic mass is 16.5. The summed E-state index contributed by atoms with van der Waals surface area (Å²) in [6.07, 6.45) is 0.949. The molecule has 3 N–H and O–H groups in total. The summed E-state index contributed by atoms with van der Waals surface area (Å²) in [5.41, 5.74) is 5.43. The van der Waals surface area contributed by atoms with Crippen molar-refractivity contribution < 1.29 is 9.84 Å². The largest absolute Gasteiger partial charge is 0.389 e. The fourth-order valence-electron chi connectivity index (χ4n) is 2.19. The Bertz CT molecular complexity index is 204.